The van der Waals surface area contributed by atoms with Crippen molar-refractivity contribution in [2.24, 2.45) is 0 Å². The number of anilines is 1. The number of rotatable bonds is 10. The molecule has 278 valence electrons. The van der Waals surface area contributed by atoms with E-state index >= 15 is 0 Å². The predicted molar refractivity (Wildman–Crippen MR) is 212 cm³/mol. The van der Waals surface area contributed by atoms with Gasteiger partial charge in [0.1, 0.15) is 12.2 Å². The average Bonchev–Trinajstić information content (AvgIpc) is 3.49. The number of urea groups is 1. The molecule has 12 heteroatoms. The van der Waals surface area contributed by atoms with Gasteiger partial charge in [0.25, 0.3) is 5.91 Å². The van der Waals surface area contributed by atoms with Crippen molar-refractivity contribution in [1.82, 2.24) is 25.1 Å². The number of fused-ring (bicyclic) bond motifs is 2. The van der Waals surface area contributed by atoms with E-state index in [-0.39, 0.29) is 66.6 Å². The third-order valence-corrected chi connectivity index (χ3v) is 11.0. The Balaban J connectivity index is 1.16. The van der Waals surface area contributed by atoms with E-state index in [4.69, 9.17) is 23.2 Å². The number of amides is 5. The predicted octanol–water partition coefficient (Wildman–Crippen LogP) is 6.56. The number of nitrogens with zero attached hydrogens (tertiary/aromatic N) is 4. The summed E-state index contributed by atoms with van der Waals surface area (Å²) in [6.07, 6.45) is 5.14. The van der Waals surface area contributed by atoms with Crippen LogP contribution in [0, 0.1) is 0 Å². The fraction of sp³-hybridized carbons (Fsp3) is 0.286. The van der Waals surface area contributed by atoms with Gasteiger partial charge in [0.2, 0.25) is 11.8 Å². The van der Waals surface area contributed by atoms with Crippen LogP contribution in [0.25, 0.3) is 10.8 Å². The molecule has 0 bridgehead atoms. The monoisotopic (exact) mass is 764 g/mol. The molecule has 2 saturated heterocycles. The Morgan fingerprint density at radius 2 is 1.61 bits per heavy atom. The highest BCUT2D eigenvalue weighted by Gasteiger charge is 2.52. The Bertz CT molecular complexity index is 2100. The van der Waals surface area contributed by atoms with Crippen molar-refractivity contribution < 1.29 is 19.2 Å². The van der Waals surface area contributed by atoms with Gasteiger partial charge in [0.05, 0.1) is 23.8 Å². The van der Waals surface area contributed by atoms with Crippen LogP contribution in [0.15, 0.2) is 121 Å². The minimum absolute atomic E-state index is 0.0626. The Labute approximate surface area is 324 Å². The highest BCUT2D eigenvalue weighted by atomic mass is 35.5. The molecule has 4 aromatic carbocycles. The summed E-state index contributed by atoms with van der Waals surface area (Å²) in [5.74, 6) is -0.622. The van der Waals surface area contributed by atoms with Crippen LogP contribution >= 0.6 is 23.2 Å². The van der Waals surface area contributed by atoms with Gasteiger partial charge in [-0.3, -0.25) is 19.4 Å². The third kappa shape index (κ3) is 7.87. The zero-order valence-corrected chi connectivity index (χ0v) is 31.6. The van der Waals surface area contributed by atoms with Crippen molar-refractivity contribution in [2.75, 3.05) is 25.0 Å². The van der Waals surface area contributed by atoms with Crippen LogP contribution < -0.4 is 10.6 Å². The lowest BCUT2D eigenvalue weighted by atomic mass is 9.98. The smallest absolute Gasteiger partial charge is 0.332 e. The summed E-state index contributed by atoms with van der Waals surface area (Å²) in [6.45, 7) is 4.52. The molecule has 4 atom stereocenters. The Kier molecular flexibility index (Phi) is 11.1. The molecule has 2 heterocycles. The van der Waals surface area contributed by atoms with Gasteiger partial charge in [-0.2, -0.15) is 5.01 Å². The van der Waals surface area contributed by atoms with Gasteiger partial charge < -0.3 is 20.4 Å². The summed E-state index contributed by atoms with van der Waals surface area (Å²) >= 11 is 12.6. The number of nitrogens with one attached hydrogen (secondary N) is 2. The van der Waals surface area contributed by atoms with E-state index in [0.29, 0.717) is 17.8 Å². The van der Waals surface area contributed by atoms with Gasteiger partial charge in [-0.1, -0.05) is 91.0 Å². The first-order valence-corrected chi connectivity index (χ1v) is 19.0. The molecule has 0 spiro atoms. The van der Waals surface area contributed by atoms with Crippen molar-refractivity contribution in [3.8, 4) is 0 Å². The normalized spacial score (nSPS) is 21.3. The zero-order chi connectivity index (χ0) is 37.9. The van der Waals surface area contributed by atoms with E-state index in [9.17, 15) is 19.2 Å². The number of alkyl halides is 2. The molecule has 54 heavy (non-hydrogen) atoms. The van der Waals surface area contributed by atoms with Gasteiger partial charge >= 0.3 is 6.03 Å². The SMILES string of the molecule is CC(C)N(C(=O)NCC1=CC(Cl)C(Cl)C=C1)N1CC(=O)N2[C@@H](Cc3ccc(NC(=O)c4ccccc4)cc3)C(=O)N(Cc3cccc4ccccc34)C[C@@H]21. The van der Waals surface area contributed by atoms with Gasteiger partial charge in [-0.05, 0) is 65.6 Å². The first kappa shape index (κ1) is 37.2. The molecule has 2 N–H and O–H groups in total. The second-order valence-corrected chi connectivity index (χ2v) is 15.1. The zero-order valence-electron chi connectivity index (χ0n) is 30.1. The van der Waals surface area contributed by atoms with Crippen LogP contribution in [-0.2, 0) is 22.6 Å². The van der Waals surface area contributed by atoms with Gasteiger partial charge in [-0.25, -0.2) is 4.79 Å². The molecule has 0 saturated carbocycles. The molecule has 0 radical (unpaired) electrons. The average molecular weight is 766 g/mol. The fourth-order valence-electron chi connectivity index (χ4n) is 7.44. The van der Waals surface area contributed by atoms with Crippen LogP contribution in [0.4, 0.5) is 10.5 Å². The second-order valence-electron chi connectivity index (χ2n) is 14.1. The molecule has 2 fully saturated rings. The summed E-state index contributed by atoms with van der Waals surface area (Å²) < 4.78 is 0. The summed E-state index contributed by atoms with van der Waals surface area (Å²) in [5, 5.41) is 10.7. The summed E-state index contributed by atoms with van der Waals surface area (Å²) in [4.78, 5) is 58.7. The molecule has 1 aliphatic carbocycles. The number of hydrogen-bond acceptors (Lipinski definition) is 5. The maximum Gasteiger partial charge on any atom is 0.332 e. The lowest BCUT2D eigenvalue weighted by Gasteiger charge is -2.47. The summed E-state index contributed by atoms with van der Waals surface area (Å²) in [6, 6.07) is 28.9. The molecular formula is C42H42Cl2N6O4. The molecule has 2 unspecified atom stereocenters. The van der Waals surface area contributed by atoms with Crippen LogP contribution in [0.1, 0.15) is 35.3 Å². The van der Waals surface area contributed by atoms with E-state index in [1.54, 1.807) is 45.3 Å². The Morgan fingerprint density at radius 1 is 0.889 bits per heavy atom. The Hall–Kier alpha value is -5.16. The highest BCUT2D eigenvalue weighted by molar-refractivity contribution is 6.32. The van der Waals surface area contributed by atoms with Crippen LogP contribution in [0.5, 0.6) is 0 Å². The maximum absolute atomic E-state index is 14.5. The van der Waals surface area contributed by atoms with Crippen molar-refractivity contribution in [3.05, 3.63) is 138 Å². The fourth-order valence-corrected chi connectivity index (χ4v) is 7.83. The van der Waals surface area contributed by atoms with Crippen LogP contribution in [-0.4, -0.2) is 92.2 Å². The molecule has 4 aromatic rings. The quantitative estimate of drug-likeness (QED) is 0.178. The topological polar surface area (TPSA) is 105 Å². The number of benzene rings is 4. The summed E-state index contributed by atoms with van der Waals surface area (Å²) in [5.41, 5.74) is 3.81. The van der Waals surface area contributed by atoms with Gasteiger partial charge in [-0.15, -0.1) is 23.2 Å². The third-order valence-electron chi connectivity index (χ3n) is 10.1. The number of carbonyl (C=O) groups excluding carboxylic acids is 4. The van der Waals surface area contributed by atoms with Crippen LogP contribution in [0.3, 0.4) is 0 Å². The van der Waals surface area contributed by atoms with E-state index in [0.717, 1.165) is 27.5 Å². The minimum Gasteiger partial charge on any atom is -0.333 e. The van der Waals surface area contributed by atoms with E-state index in [1.165, 1.54) is 0 Å². The number of hydrazine groups is 1. The van der Waals surface area contributed by atoms with E-state index in [1.807, 2.05) is 104 Å². The van der Waals surface area contributed by atoms with E-state index in [2.05, 4.69) is 10.6 Å². The number of hydrogen-bond donors (Lipinski definition) is 2. The molecule has 2 aliphatic heterocycles. The molecule has 0 aromatic heterocycles. The van der Waals surface area contributed by atoms with E-state index < -0.39 is 12.2 Å². The lowest BCUT2D eigenvalue weighted by molar-refractivity contribution is -0.158. The first-order valence-electron chi connectivity index (χ1n) is 18.1. The number of piperazine rings is 1. The first-order chi connectivity index (χ1) is 26.1. The lowest BCUT2D eigenvalue weighted by Crippen LogP contribution is -2.66. The number of carbonyl (C=O) groups is 4. The molecule has 7 rings (SSSR count). The second kappa shape index (κ2) is 16.1. The Morgan fingerprint density at radius 3 is 2.35 bits per heavy atom. The van der Waals surface area contributed by atoms with Gasteiger partial charge in [0, 0.05) is 36.8 Å². The van der Waals surface area contributed by atoms with Crippen molar-refractivity contribution in [2.45, 2.75) is 55.8 Å². The molecule has 5 amide bonds. The minimum atomic E-state index is -0.820. The molecular weight excluding hydrogens is 723 g/mol. The largest absolute Gasteiger partial charge is 0.333 e. The summed E-state index contributed by atoms with van der Waals surface area (Å²) in [7, 11) is 0. The van der Waals surface area contributed by atoms with Gasteiger partial charge in [0.15, 0.2) is 0 Å². The van der Waals surface area contributed by atoms with Crippen molar-refractivity contribution in [1.29, 1.82) is 0 Å². The number of allylic oxidation sites excluding steroid dienone is 2. The maximum atomic E-state index is 14.5. The van der Waals surface area contributed by atoms with Crippen LogP contribution in [0.2, 0.25) is 0 Å². The standard InChI is InChI=1S/C42H42Cl2N6O4/c1-27(2)50(42(54)45-23-29-17-20-35(43)36(44)21-29)48-26-39(51)49-37(22-28-15-18-33(19-16-28)46-40(52)31-10-4-3-5-11-31)41(53)47(25-38(48)49)24-32-13-8-12-30-9-6-7-14-34(30)32/h3-21,27,35-38H,22-26H2,1-2H3,(H,45,54)(H,46,52)/t35?,36?,37-,38+/m0/s1. The van der Waals surface area contributed by atoms with Crippen molar-refractivity contribution in [3.63, 3.8) is 0 Å². The molecule has 10 nitrogen and oxygen atoms in total. The molecule has 3 aliphatic rings. The number of halogens is 2. The highest BCUT2D eigenvalue weighted by Crippen LogP contribution is 2.32. The van der Waals surface area contributed by atoms with Crippen molar-refractivity contribution >= 4 is 63.4 Å².